The van der Waals surface area contributed by atoms with Crippen LogP contribution >= 0.6 is 0 Å². The normalized spacial score (nSPS) is 11.9. The van der Waals surface area contributed by atoms with Gasteiger partial charge in [0, 0.05) is 12.2 Å². The molecule has 0 aliphatic heterocycles. The van der Waals surface area contributed by atoms with Crippen molar-refractivity contribution in [1.82, 2.24) is 4.90 Å². The van der Waals surface area contributed by atoms with E-state index in [9.17, 15) is 9.18 Å². The second-order valence-electron chi connectivity index (χ2n) is 6.58. The van der Waals surface area contributed by atoms with Crippen LogP contribution in [0.5, 0.6) is 5.75 Å². The maximum absolute atomic E-state index is 13.1. The highest BCUT2D eigenvalue weighted by Gasteiger charge is 2.25. The molecule has 144 valence electrons. The molecule has 3 aromatic carbocycles. The van der Waals surface area contributed by atoms with E-state index in [4.69, 9.17) is 4.74 Å². The summed E-state index contributed by atoms with van der Waals surface area (Å²) in [5.41, 5.74) is 2.48. The molecule has 0 fully saturated rings. The van der Waals surface area contributed by atoms with Crippen LogP contribution in [-0.4, -0.2) is 25.0 Å². The molecule has 1 N–H and O–H groups in total. The number of benzene rings is 3. The minimum atomic E-state index is -0.502. The number of carbonyl (C=O) groups is 1. The van der Waals surface area contributed by atoms with Gasteiger partial charge in [0.2, 0.25) is 5.91 Å². The third-order valence-corrected chi connectivity index (χ3v) is 4.48. The number of methoxy groups -OCH3 is 1. The Morgan fingerprint density at radius 3 is 2.43 bits per heavy atom. The van der Waals surface area contributed by atoms with Gasteiger partial charge in [-0.3, -0.25) is 9.69 Å². The van der Waals surface area contributed by atoms with Crippen molar-refractivity contribution >= 4 is 11.6 Å². The smallest absolute Gasteiger partial charge is 0.246 e. The highest BCUT2D eigenvalue weighted by Crippen LogP contribution is 2.24. The van der Waals surface area contributed by atoms with E-state index < -0.39 is 6.04 Å². The Labute approximate surface area is 164 Å². The molecule has 0 bridgehead atoms. The van der Waals surface area contributed by atoms with Crippen LogP contribution in [0.25, 0.3) is 0 Å². The van der Waals surface area contributed by atoms with Gasteiger partial charge < -0.3 is 10.1 Å². The Hall–Kier alpha value is -3.18. The molecule has 0 radical (unpaired) electrons. The summed E-state index contributed by atoms with van der Waals surface area (Å²) in [4.78, 5) is 15.1. The van der Waals surface area contributed by atoms with Crippen LogP contribution in [-0.2, 0) is 11.3 Å². The largest absolute Gasteiger partial charge is 0.497 e. The summed E-state index contributed by atoms with van der Waals surface area (Å²) in [5, 5.41) is 2.88. The van der Waals surface area contributed by atoms with E-state index in [1.54, 1.807) is 19.2 Å². The Bertz CT molecular complexity index is 913. The lowest BCUT2D eigenvalue weighted by Gasteiger charge is -2.28. The van der Waals surface area contributed by atoms with Crippen molar-refractivity contribution in [1.29, 1.82) is 0 Å². The minimum absolute atomic E-state index is 0.178. The highest BCUT2D eigenvalue weighted by atomic mass is 19.1. The molecule has 0 unspecified atom stereocenters. The van der Waals surface area contributed by atoms with E-state index in [1.165, 1.54) is 12.1 Å². The van der Waals surface area contributed by atoms with Crippen LogP contribution < -0.4 is 10.1 Å². The molecular formula is C23H23FN2O2. The molecule has 0 aromatic heterocycles. The Morgan fingerprint density at radius 2 is 1.75 bits per heavy atom. The number of hydrogen-bond acceptors (Lipinski definition) is 3. The van der Waals surface area contributed by atoms with Crippen molar-refractivity contribution in [3.63, 3.8) is 0 Å². The second-order valence-corrected chi connectivity index (χ2v) is 6.58. The molecule has 0 aliphatic carbocycles. The van der Waals surface area contributed by atoms with Crippen molar-refractivity contribution in [2.75, 3.05) is 19.5 Å². The highest BCUT2D eigenvalue weighted by molar-refractivity contribution is 5.95. The van der Waals surface area contributed by atoms with Gasteiger partial charge in [0.15, 0.2) is 0 Å². The van der Waals surface area contributed by atoms with Gasteiger partial charge in [-0.05, 0) is 54.6 Å². The number of halogens is 1. The van der Waals surface area contributed by atoms with Gasteiger partial charge >= 0.3 is 0 Å². The van der Waals surface area contributed by atoms with Gasteiger partial charge in [0.25, 0.3) is 0 Å². The van der Waals surface area contributed by atoms with Gasteiger partial charge in [-0.15, -0.1) is 0 Å². The first-order chi connectivity index (χ1) is 13.6. The van der Waals surface area contributed by atoms with Crippen LogP contribution in [0.2, 0.25) is 0 Å². The molecule has 1 atom stereocenters. The number of anilines is 1. The van der Waals surface area contributed by atoms with E-state index in [-0.39, 0.29) is 11.7 Å². The van der Waals surface area contributed by atoms with E-state index in [2.05, 4.69) is 5.32 Å². The third kappa shape index (κ3) is 4.96. The zero-order valence-corrected chi connectivity index (χ0v) is 15.9. The number of carbonyl (C=O) groups excluding carboxylic acids is 1. The number of likely N-dealkylation sites (N-methyl/N-ethyl adjacent to an activating group) is 1. The number of hydrogen-bond donors (Lipinski definition) is 1. The molecular weight excluding hydrogens is 355 g/mol. The molecule has 3 rings (SSSR count). The topological polar surface area (TPSA) is 41.6 Å². The lowest BCUT2D eigenvalue weighted by Crippen LogP contribution is -2.34. The molecule has 4 nitrogen and oxygen atoms in total. The van der Waals surface area contributed by atoms with Gasteiger partial charge in [-0.1, -0.05) is 42.5 Å². The molecule has 1 amide bonds. The molecule has 0 saturated heterocycles. The fourth-order valence-electron chi connectivity index (χ4n) is 3.14. The lowest BCUT2D eigenvalue weighted by atomic mass is 10.0. The summed E-state index contributed by atoms with van der Waals surface area (Å²) in [7, 11) is 3.53. The SMILES string of the molecule is COc1cccc(CN(C)[C@H](C(=O)Nc2ccc(F)cc2)c2ccccc2)c1. The van der Waals surface area contributed by atoms with Crippen molar-refractivity contribution in [2.45, 2.75) is 12.6 Å². The van der Waals surface area contributed by atoms with Gasteiger partial charge in [0.1, 0.15) is 17.6 Å². The Morgan fingerprint density at radius 1 is 1.04 bits per heavy atom. The zero-order chi connectivity index (χ0) is 19.9. The van der Waals surface area contributed by atoms with E-state index >= 15 is 0 Å². The van der Waals surface area contributed by atoms with E-state index in [0.29, 0.717) is 12.2 Å². The summed E-state index contributed by atoms with van der Waals surface area (Å²) in [6.45, 7) is 0.563. The third-order valence-electron chi connectivity index (χ3n) is 4.48. The monoisotopic (exact) mass is 378 g/mol. The van der Waals surface area contributed by atoms with Crippen LogP contribution in [0, 0.1) is 5.82 Å². The minimum Gasteiger partial charge on any atom is -0.497 e. The fourth-order valence-corrected chi connectivity index (χ4v) is 3.14. The summed E-state index contributed by atoms with van der Waals surface area (Å²) in [6, 6.07) is 22.6. The fraction of sp³-hybridized carbons (Fsp3) is 0.174. The molecule has 5 heteroatoms. The average molecular weight is 378 g/mol. The van der Waals surface area contributed by atoms with Crippen molar-refractivity contribution in [2.24, 2.45) is 0 Å². The zero-order valence-electron chi connectivity index (χ0n) is 15.9. The number of nitrogens with zero attached hydrogens (tertiary/aromatic N) is 1. The standard InChI is InChI=1S/C23H23FN2O2/c1-26(16-17-7-6-10-21(15-17)28-2)22(18-8-4-3-5-9-18)23(27)25-20-13-11-19(24)12-14-20/h3-15,22H,16H2,1-2H3,(H,25,27)/t22-/m0/s1. The van der Waals surface area contributed by atoms with Crippen molar-refractivity contribution < 1.29 is 13.9 Å². The molecule has 0 aliphatic rings. The predicted molar refractivity (Wildman–Crippen MR) is 109 cm³/mol. The van der Waals surface area contributed by atoms with Crippen LogP contribution in [0.15, 0.2) is 78.9 Å². The number of nitrogens with one attached hydrogen (secondary N) is 1. The van der Waals surface area contributed by atoms with Crippen LogP contribution in [0.4, 0.5) is 10.1 Å². The Kier molecular flexibility index (Phi) is 6.40. The van der Waals surface area contributed by atoms with Crippen LogP contribution in [0.3, 0.4) is 0 Å². The number of ether oxygens (including phenoxy) is 1. The van der Waals surface area contributed by atoms with Crippen molar-refractivity contribution in [3.8, 4) is 5.75 Å². The molecule has 3 aromatic rings. The second kappa shape index (κ2) is 9.15. The molecule has 0 spiro atoms. The molecule has 28 heavy (non-hydrogen) atoms. The summed E-state index contributed by atoms with van der Waals surface area (Å²) >= 11 is 0. The summed E-state index contributed by atoms with van der Waals surface area (Å²) in [5.74, 6) is 0.258. The lowest BCUT2D eigenvalue weighted by molar-refractivity contribution is -0.121. The van der Waals surface area contributed by atoms with E-state index in [1.807, 2.05) is 66.5 Å². The first-order valence-electron chi connectivity index (χ1n) is 9.01. The van der Waals surface area contributed by atoms with Crippen LogP contribution in [0.1, 0.15) is 17.2 Å². The summed E-state index contributed by atoms with van der Waals surface area (Å²) < 4.78 is 18.4. The molecule has 0 saturated carbocycles. The first kappa shape index (κ1) is 19.6. The number of rotatable bonds is 7. The maximum Gasteiger partial charge on any atom is 0.246 e. The Balaban J connectivity index is 1.83. The summed E-state index contributed by atoms with van der Waals surface area (Å²) in [6.07, 6.45) is 0. The average Bonchev–Trinajstić information content (AvgIpc) is 2.71. The quantitative estimate of drug-likeness (QED) is 0.651. The number of amides is 1. The van der Waals surface area contributed by atoms with Crippen molar-refractivity contribution in [3.05, 3.63) is 95.8 Å². The van der Waals surface area contributed by atoms with Gasteiger partial charge in [0.05, 0.1) is 7.11 Å². The predicted octanol–water partition coefficient (Wildman–Crippen LogP) is 4.65. The first-order valence-corrected chi connectivity index (χ1v) is 9.01. The maximum atomic E-state index is 13.1. The van der Waals surface area contributed by atoms with E-state index in [0.717, 1.165) is 16.9 Å². The molecule has 0 heterocycles. The van der Waals surface area contributed by atoms with Gasteiger partial charge in [-0.25, -0.2) is 4.39 Å². The van der Waals surface area contributed by atoms with Gasteiger partial charge in [-0.2, -0.15) is 0 Å².